The summed E-state index contributed by atoms with van der Waals surface area (Å²) in [5.41, 5.74) is 14.1. The quantitative estimate of drug-likeness (QED) is 0.101. The molecule has 10 aromatic rings. The molecule has 0 N–H and O–H groups in total. The number of nitrogens with zero attached hydrogens (tertiary/aromatic N) is 2. The van der Waals surface area contributed by atoms with E-state index < -0.39 is 8.07 Å². The van der Waals surface area contributed by atoms with Gasteiger partial charge < -0.3 is 14.2 Å². The summed E-state index contributed by atoms with van der Waals surface area (Å²) in [6, 6.07) is 85.4. The second-order valence-corrected chi connectivity index (χ2v) is 22.2. The van der Waals surface area contributed by atoms with Crippen molar-refractivity contribution < 1.29 is 4.42 Å². The zero-order valence-electron chi connectivity index (χ0n) is 38.3. The van der Waals surface area contributed by atoms with Crippen LogP contribution in [0.25, 0.3) is 28.2 Å². The molecule has 3 nitrogen and oxygen atoms in total. The summed E-state index contributed by atoms with van der Waals surface area (Å²) in [6.07, 6.45) is 9.27. The minimum absolute atomic E-state index is 0.0655. The third kappa shape index (κ3) is 6.87. The minimum atomic E-state index is -3.00. The Bertz CT molecular complexity index is 3460. The fraction of sp³-hybridized carbons (Fsp3) is 0.0625. The number of hydrogen-bond donors (Lipinski definition) is 0. The third-order valence-electron chi connectivity index (χ3n) is 14.2. The first-order chi connectivity index (χ1) is 33.5. The molecule has 9 aromatic carbocycles. The summed E-state index contributed by atoms with van der Waals surface area (Å²) in [5, 5.41) is 6.40. The van der Waals surface area contributed by atoms with Crippen LogP contribution in [-0.4, -0.2) is 8.07 Å². The average molecular weight is 891 g/mol. The largest absolute Gasteiger partial charge is 0.456 e. The summed E-state index contributed by atoms with van der Waals surface area (Å²) in [5.74, 6) is 0.928. The van der Waals surface area contributed by atoms with E-state index in [9.17, 15) is 0 Å². The Morgan fingerprint density at radius 1 is 0.412 bits per heavy atom. The summed E-state index contributed by atoms with van der Waals surface area (Å²) in [6.45, 7) is 4.69. The standard InChI is InChI=1S/C64H50N2OSi/c1-64(2)60-33-19-18-31-56(60)58-44-50(37-41-61(58)64)65(46-21-8-3-9-22-46)48-35-39-54(40-36-48)68(52-26-12-5-13-27-52,53-28-14-6-15-29-53)55-30-20-25-49(43-55)66(47-23-10-4-11-24-47)51-38-42-63-59(45-51)57-32-16-7-17-34-62(57)67-63/h3-31,33-45H,32H2,1-2H3. The molecule has 1 heterocycles. The van der Waals surface area contributed by atoms with Crippen LogP contribution < -0.4 is 30.5 Å². The summed E-state index contributed by atoms with van der Waals surface area (Å²) in [4.78, 5) is 4.81. The predicted octanol–water partition coefficient (Wildman–Crippen LogP) is 14.2. The maximum atomic E-state index is 6.40. The molecule has 0 atom stereocenters. The molecule has 68 heavy (non-hydrogen) atoms. The number of hydrogen-bond acceptors (Lipinski definition) is 3. The lowest BCUT2D eigenvalue weighted by molar-refractivity contribution is 0.600. The Balaban J connectivity index is 1.03. The minimum Gasteiger partial charge on any atom is -0.456 e. The second kappa shape index (κ2) is 16.9. The molecule has 0 unspecified atom stereocenters. The van der Waals surface area contributed by atoms with Crippen molar-refractivity contribution >= 4 is 80.0 Å². The number of fused-ring (bicyclic) bond motifs is 6. The molecule has 0 bridgehead atoms. The fourth-order valence-corrected chi connectivity index (χ4v) is 15.8. The molecule has 0 saturated carbocycles. The molecule has 0 saturated heterocycles. The van der Waals surface area contributed by atoms with E-state index in [0.717, 1.165) is 57.3 Å². The van der Waals surface area contributed by atoms with Crippen LogP contribution in [0.2, 0.25) is 0 Å². The molecule has 0 radical (unpaired) electrons. The van der Waals surface area contributed by atoms with Crippen LogP contribution >= 0.6 is 0 Å². The molecule has 12 rings (SSSR count). The van der Waals surface area contributed by atoms with Crippen LogP contribution in [0, 0.1) is 0 Å². The summed E-state index contributed by atoms with van der Waals surface area (Å²) < 4.78 is 6.40. The van der Waals surface area contributed by atoms with Gasteiger partial charge in [-0.2, -0.15) is 0 Å². The van der Waals surface area contributed by atoms with Crippen molar-refractivity contribution in [2.45, 2.75) is 25.7 Å². The van der Waals surface area contributed by atoms with Crippen LogP contribution in [0.15, 0.2) is 253 Å². The number of allylic oxidation sites excluding steroid dienone is 3. The maximum absolute atomic E-state index is 6.40. The molecule has 0 fully saturated rings. The van der Waals surface area contributed by atoms with E-state index in [-0.39, 0.29) is 5.41 Å². The lowest BCUT2D eigenvalue weighted by Crippen LogP contribution is -2.74. The van der Waals surface area contributed by atoms with Gasteiger partial charge in [0.2, 0.25) is 0 Å². The van der Waals surface area contributed by atoms with E-state index in [4.69, 9.17) is 4.42 Å². The number of para-hydroxylation sites is 2. The van der Waals surface area contributed by atoms with Crippen molar-refractivity contribution in [3.63, 3.8) is 0 Å². The molecule has 2 aliphatic carbocycles. The maximum Gasteiger partial charge on any atom is 0.179 e. The van der Waals surface area contributed by atoms with Gasteiger partial charge >= 0.3 is 0 Å². The second-order valence-electron chi connectivity index (χ2n) is 18.4. The highest BCUT2D eigenvalue weighted by Crippen LogP contribution is 2.50. The van der Waals surface area contributed by atoms with Crippen molar-refractivity contribution in [2.24, 2.45) is 0 Å². The van der Waals surface area contributed by atoms with Gasteiger partial charge in [-0.05, 0) is 134 Å². The molecule has 326 valence electrons. The van der Waals surface area contributed by atoms with Gasteiger partial charge in [0.1, 0.15) is 11.3 Å². The smallest absolute Gasteiger partial charge is 0.179 e. The van der Waals surface area contributed by atoms with Gasteiger partial charge in [0.25, 0.3) is 0 Å². The predicted molar refractivity (Wildman–Crippen MR) is 289 cm³/mol. The van der Waals surface area contributed by atoms with E-state index >= 15 is 0 Å². The van der Waals surface area contributed by atoms with Crippen LogP contribution in [0.1, 0.15) is 36.3 Å². The number of furan rings is 1. The zero-order chi connectivity index (χ0) is 45.7. The molecule has 0 spiro atoms. The molecule has 0 aliphatic heterocycles. The van der Waals surface area contributed by atoms with Gasteiger partial charge in [-0.15, -0.1) is 0 Å². The number of rotatable bonds is 10. The van der Waals surface area contributed by atoms with Gasteiger partial charge in [-0.1, -0.05) is 184 Å². The summed E-state index contributed by atoms with van der Waals surface area (Å²) >= 11 is 0. The Morgan fingerprint density at radius 3 is 1.60 bits per heavy atom. The highest BCUT2D eigenvalue weighted by Gasteiger charge is 2.42. The van der Waals surface area contributed by atoms with E-state index in [1.807, 2.05) is 0 Å². The van der Waals surface area contributed by atoms with Crippen molar-refractivity contribution in [3.8, 4) is 11.1 Å². The van der Waals surface area contributed by atoms with E-state index in [1.54, 1.807) is 0 Å². The molecule has 2 aliphatic rings. The van der Waals surface area contributed by atoms with Crippen molar-refractivity contribution in [1.29, 1.82) is 0 Å². The number of anilines is 6. The van der Waals surface area contributed by atoms with Gasteiger partial charge in [0.15, 0.2) is 8.07 Å². The fourth-order valence-electron chi connectivity index (χ4n) is 11.1. The molecule has 4 heteroatoms. The Morgan fingerprint density at radius 2 is 0.912 bits per heavy atom. The monoisotopic (exact) mass is 890 g/mol. The molecular formula is C64H50N2OSi. The van der Waals surface area contributed by atoms with Crippen molar-refractivity contribution in [1.82, 2.24) is 0 Å². The lowest BCUT2D eigenvalue weighted by atomic mass is 9.82. The highest BCUT2D eigenvalue weighted by molar-refractivity contribution is 7.20. The lowest BCUT2D eigenvalue weighted by Gasteiger charge is -2.36. The normalized spacial score (nSPS) is 13.4. The first-order valence-corrected chi connectivity index (χ1v) is 25.6. The van der Waals surface area contributed by atoms with Crippen LogP contribution in [0.3, 0.4) is 0 Å². The Labute approximate surface area is 400 Å². The first-order valence-electron chi connectivity index (χ1n) is 23.6. The van der Waals surface area contributed by atoms with E-state index in [1.165, 1.54) is 48.6 Å². The molecular weight excluding hydrogens is 841 g/mol. The topological polar surface area (TPSA) is 19.6 Å². The Hall–Kier alpha value is -8.18. The van der Waals surface area contributed by atoms with Crippen molar-refractivity contribution in [3.05, 3.63) is 271 Å². The highest BCUT2D eigenvalue weighted by atomic mass is 28.3. The van der Waals surface area contributed by atoms with E-state index in [2.05, 4.69) is 278 Å². The van der Waals surface area contributed by atoms with Crippen molar-refractivity contribution in [2.75, 3.05) is 9.80 Å². The summed E-state index contributed by atoms with van der Waals surface area (Å²) in [7, 11) is -3.00. The zero-order valence-corrected chi connectivity index (χ0v) is 39.3. The van der Waals surface area contributed by atoms with Gasteiger partial charge in [0, 0.05) is 50.5 Å². The molecule has 1 aromatic heterocycles. The van der Waals surface area contributed by atoms with Gasteiger partial charge in [0.05, 0.1) is 0 Å². The van der Waals surface area contributed by atoms with E-state index in [0.29, 0.717) is 0 Å². The first kappa shape index (κ1) is 41.3. The Kier molecular flexibility index (Phi) is 10.3. The SMILES string of the molecule is CC1(C)c2ccccc2-c2cc(N(c3ccccc3)c3ccc([Si](c4ccccc4)(c4ccccc4)c4cccc(N(c5ccccc5)c5ccc6oc7c(c6c5)CC=CC=C7)c4)cc3)ccc21. The third-order valence-corrected chi connectivity index (χ3v) is 19.0. The van der Waals surface area contributed by atoms with Gasteiger partial charge in [-0.25, -0.2) is 0 Å². The van der Waals surface area contributed by atoms with Crippen LogP contribution in [0.5, 0.6) is 0 Å². The van der Waals surface area contributed by atoms with Gasteiger partial charge in [-0.3, -0.25) is 0 Å². The molecule has 0 amide bonds. The van der Waals surface area contributed by atoms with Crippen LogP contribution in [0.4, 0.5) is 34.1 Å². The average Bonchev–Trinajstić information content (AvgIpc) is 3.72. The number of benzene rings is 9. The van der Waals surface area contributed by atoms with Crippen LogP contribution in [-0.2, 0) is 11.8 Å².